The number of phenolic OH excluding ortho intramolecular Hbond substituents is 1. The fourth-order valence-electron chi connectivity index (χ4n) is 1.67. The standard InChI is InChI=1S/C11H12O4/c1-14-10-3-2-7(6-8(10)12)9-4-5-11(13)15-9/h2-3,6,9,12H,4-5H2,1H3. The van der Waals surface area contributed by atoms with Gasteiger partial charge in [0.15, 0.2) is 11.5 Å². The maximum Gasteiger partial charge on any atom is 0.306 e. The summed E-state index contributed by atoms with van der Waals surface area (Å²) in [6, 6.07) is 5.03. The Hall–Kier alpha value is -1.71. The minimum Gasteiger partial charge on any atom is -0.504 e. The zero-order valence-electron chi connectivity index (χ0n) is 8.40. The Morgan fingerprint density at radius 3 is 2.87 bits per heavy atom. The highest BCUT2D eigenvalue weighted by Gasteiger charge is 2.25. The summed E-state index contributed by atoms with van der Waals surface area (Å²) in [6.07, 6.45) is 0.886. The Kier molecular flexibility index (Phi) is 2.49. The highest BCUT2D eigenvalue weighted by molar-refractivity contribution is 5.71. The lowest BCUT2D eigenvalue weighted by atomic mass is 10.1. The number of ether oxygens (including phenoxy) is 2. The number of benzene rings is 1. The van der Waals surface area contributed by atoms with Crippen molar-refractivity contribution in [3.8, 4) is 11.5 Å². The van der Waals surface area contributed by atoms with Gasteiger partial charge in [-0.1, -0.05) is 6.07 Å². The van der Waals surface area contributed by atoms with Crippen LogP contribution in [0.25, 0.3) is 0 Å². The van der Waals surface area contributed by atoms with Crippen LogP contribution >= 0.6 is 0 Å². The first-order valence-corrected chi connectivity index (χ1v) is 4.77. The third-order valence-electron chi connectivity index (χ3n) is 2.46. The van der Waals surface area contributed by atoms with Crippen molar-refractivity contribution >= 4 is 5.97 Å². The lowest BCUT2D eigenvalue weighted by Gasteiger charge is -2.11. The molecule has 1 saturated heterocycles. The molecule has 4 nitrogen and oxygen atoms in total. The average Bonchev–Trinajstić information content (AvgIpc) is 2.65. The van der Waals surface area contributed by atoms with Crippen molar-refractivity contribution in [2.75, 3.05) is 7.11 Å². The predicted octanol–water partition coefficient (Wildman–Crippen LogP) is 1.78. The minimum atomic E-state index is -0.227. The Labute approximate surface area is 87.4 Å². The van der Waals surface area contributed by atoms with E-state index in [4.69, 9.17) is 9.47 Å². The molecular formula is C11H12O4. The molecule has 0 amide bonds. The van der Waals surface area contributed by atoms with Crippen LogP contribution in [0.5, 0.6) is 11.5 Å². The summed E-state index contributed by atoms with van der Waals surface area (Å²) in [5.74, 6) is 0.302. The van der Waals surface area contributed by atoms with Gasteiger partial charge < -0.3 is 14.6 Å². The van der Waals surface area contributed by atoms with Gasteiger partial charge in [-0.3, -0.25) is 4.79 Å². The Morgan fingerprint density at radius 2 is 2.33 bits per heavy atom. The van der Waals surface area contributed by atoms with Gasteiger partial charge in [-0.15, -0.1) is 0 Å². The van der Waals surface area contributed by atoms with Gasteiger partial charge in [0.05, 0.1) is 7.11 Å². The van der Waals surface area contributed by atoms with E-state index in [1.54, 1.807) is 18.2 Å². The molecule has 80 valence electrons. The molecule has 1 aliphatic rings. The van der Waals surface area contributed by atoms with E-state index < -0.39 is 0 Å². The van der Waals surface area contributed by atoms with E-state index in [0.29, 0.717) is 18.6 Å². The van der Waals surface area contributed by atoms with E-state index in [2.05, 4.69) is 0 Å². The molecule has 1 aliphatic heterocycles. The fraction of sp³-hybridized carbons (Fsp3) is 0.364. The number of carbonyl (C=O) groups is 1. The second-order valence-electron chi connectivity index (χ2n) is 3.45. The molecule has 0 aliphatic carbocycles. The fourth-order valence-corrected chi connectivity index (χ4v) is 1.67. The molecule has 1 N–H and O–H groups in total. The molecule has 2 rings (SSSR count). The van der Waals surface area contributed by atoms with Crippen LogP contribution in [-0.2, 0) is 9.53 Å². The van der Waals surface area contributed by atoms with Crippen LogP contribution in [0.3, 0.4) is 0 Å². The molecular weight excluding hydrogens is 196 g/mol. The maximum atomic E-state index is 10.9. The molecule has 1 unspecified atom stereocenters. The SMILES string of the molecule is COc1ccc(C2CCC(=O)O2)cc1O. The summed E-state index contributed by atoms with van der Waals surface area (Å²) >= 11 is 0. The number of carbonyl (C=O) groups excluding carboxylic acids is 1. The van der Waals surface area contributed by atoms with Crippen LogP contribution in [-0.4, -0.2) is 18.2 Å². The van der Waals surface area contributed by atoms with E-state index in [9.17, 15) is 9.90 Å². The number of cyclic esters (lactones) is 1. The number of esters is 1. The minimum absolute atomic E-state index is 0.0675. The zero-order chi connectivity index (χ0) is 10.8. The number of hydrogen-bond acceptors (Lipinski definition) is 4. The Bertz CT molecular complexity index is 386. The van der Waals surface area contributed by atoms with Gasteiger partial charge in [0.25, 0.3) is 0 Å². The second kappa shape index (κ2) is 3.81. The molecule has 15 heavy (non-hydrogen) atoms. The van der Waals surface area contributed by atoms with Gasteiger partial charge in [0, 0.05) is 6.42 Å². The summed E-state index contributed by atoms with van der Waals surface area (Å²) in [6.45, 7) is 0. The molecule has 1 heterocycles. The van der Waals surface area contributed by atoms with E-state index >= 15 is 0 Å². The van der Waals surface area contributed by atoms with Gasteiger partial charge in [0.2, 0.25) is 0 Å². The van der Waals surface area contributed by atoms with Crippen LogP contribution in [0.2, 0.25) is 0 Å². The van der Waals surface area contributed by atoms with Crippen LogP contribution in [0.4, 0.5) is 0 Å². The predicted molar refractivity (Wildman–Crippen MR) is 52.7 cm³/mol. The van der Waals surface area contributed by atoms with Gasteiger partial charge >= 0.3 is 5.97 Å². The molecule has 0 spiro atoms. The Balaban J connectivity index is 2.22. The lowest BCUT2D eigenvalue weighted by molar-refractivity contribution is -0.141. The van der Waals surface area contributed by atoms with Crippen LogP contribution in [0.15, 0.2) is 18.2 Å². The van der Waals surface area contributed by atoms with Crippen molar-refractivity contribution in [3.63, 3.8) is 0 Å². The van der Waals surface area contributed by atoms with Crippen LogP contribution in [0.1, 0.15) is 24.5 Å². The lowest BCUT2D eigenvalue weighted by Crippen LogP contribution is -1.98. The second-order valence-corrected chi connectivity index (χ2v) is 3.45. The molecule has 0 saturated carbocycles. The molecule has 1 aromatic rings. The molecule has 1 atom stereocenters. The summed E-state index contributed by atoms with van der Waals surface area (Å²) in [7, 11) is 1.49. The third kappa shape index (κ3) is 1.88. The van der Waals surface area contributed by atoms with Crippen molar-refractivity contribution in [1.82, 2.24) is 0 Å². The molecule has 4 heteroatoms. The Morgan fingerprint density at radius 1 is 1.53 bits per heavy atom. The number of aromatic hydroxyl groups is 1. The summed E-state index contributed by atoms with van der Waals surface area (Å²) < 4.78 is 10.0. The third-order valence-corrected chi connectivity index (χ3v) is 2.46. The van der Waals surface area contributed by atoms with E-state index in [1.165, 1.54) is 7.11 Å². The van der Waals surface area contributed by atoms with E-state index in [1.807, 2.05) is 0 Å². The summed E-state index contributed by atoms with van der Waals surface area (Å²) in [5, 5.41) is 9.55. The van der Waals surface area contributed by atoms with Crippen molar-refractivity contribution in [3.05, 3.63) is 23.8 Å². The smallest absolute Gasteiger partial charge is 0.306 e. The topological polar surface area (TPSA) is 55.8 Å². The first kappa shape index (κ1) is 9.83. The van der Waals surface area contributed by atoms with E-state index in [-0.39, 0.29) is 17.8 Å². The largest absolute Gasteiger partial charge is 0.504 e. The zero-order valence-corrected chi connectivity index (χ0v) is 8.40. The highest BCUT2D eigenvalue weighted by atomic mass is 16.5. The number of methoxy groups -OCH3 is 1. The summed E-state index contributed by atoms with van der Waals surface area (Å²) in [4.78, 5) is 10.9. The highest BCUT2D eigenvalue weighted by Crippen LogP contribution is 2.34. The number of hydrogen-bond donors (Lipinski definition) is 1. The molecule has 0 aromatic heterocycles. The number of phenols is 1. The number of rotatable bonds is 2. The van der Waals surface area contributed by atoms with Crippen molar-refractivity contribution in [2.24, 2.45) is 0 Å². The van der Waals surface area contributed by atoms with Crippen LogP contribution < -0.4 is 4.74 Å². The first-order chi connectivity index (χ1) is 7.20. The van der Waals surface area contributed by atoms with Crippen molar-refractivity contribution in [1.29, 1.82) is 0 Å². The molecule has 0 radical (unpaired) electrons. The van der Waals surface area contributed by atoms with E-state index in [0.717, 1.165) is 5.56 Å². The molecule has 1 aromatic carbocycles. The van der Waals surface area contributed by atoms with Gasteiger partial charge in [-0.2, -0.15) is 0 Å². The summed E-state index contributed by atoms with van der Waals surface area (Å²) in [5.41, 5.74) is 0.805. The van der Waals surface area contributed by atoms with Gasteiger partial charge in [-0.25, -0.2) is 0 Å². The monoisotopic (exact) mass is 208 g/mol. The van der Waals surface area contributed by atoms with Crippen LogP contribution in [0, 0.1) is 0 Å². The van der Waals surface area contributed by atoms with Crippen molar-refractivity contribution in [2.45, 2.75) is 18.9 Å². The maximum absolute atomic E-state index is 10.9. The van der Waals surface area contributed by atoms with Crippen molar-refractivity contribution < 1.29 is 19.4 Å². The average molecular weight is 208 g/mol. The normalized spacial score (nSPS) is 20.1. The quantitative estimate of drug-likeness (QED) is 0.752. The van der Waals surface area contributed by atoms with Gasteiger partial charge in [-0.05, 0) is 24.1 Å². The van der Waals surface area contributed by atoms with Gasteiger partial charge in [0.1, 0.15) is 6.10 Å². The molecule has 0 bridgehead atoms. The molecule has 1 fully saturated rings. The first-order valence-electron chi connectivity index (χ1n) is 4.77.